The van der Waals surface area contributed by atoms with E-state index in [4.69, 9.17) is 9.84 Å². The highest BCUT2D eigenvalue weighted by Crippen LogP contribution is 2.65. The summed E-state index contributed by atoms with van der Waals surface area (Å²) in [7, 11) is 0. The molecule has 2 saturated heterocycles. The summed E-state index contributed by atoms with van der Waals surface area (Å²) in [6.45, 7) is 1.95. The van der Waals surface area contributed by atoms with Gasteiger partial charge in [0.05, 0.1) is 11.1 Å². The number of hydrogen-bond donors (Lipinski definition) is 1. The number of carboxylic acids is 1. The lowest BCUT2D eigenvalue weighted by atomic mass is 9.87. The number of hydrogen-bond acceptors (Lipinski definition) is 3. The summed E-state index contributed by atoms with van der Waals surface area (Å²) >= 11 is 0. The van der Waals surface area contributed by atoms with Gasteiger partial charge in [-0.2, -0.15) is 13.2 Å². The van der Waals surface area contributed by atoms with Crippen molar-refractivity contribution in [3.8, 4) is 11.1 Å². The maximum Gasteiger partial charge on any atom is 0.417 e. The number of amides is 1. The van der Waals surface area contributed by atoms with Gasteiger partial charge < -0.3 is 14.7 Å². The molecule has 9 heteroatoms. The predicted molar refractivity (Wildman–Crippen MR) is 118 cm³/mol. The average molecular weight is 491 g/mol. The quantitative estimate of drug-likeness (QED) is 0.575. The highest BCUT2D eigenvalue weighted by molar-refractivity contribution is 5.90. The van der Waals surface area contributed by atoms with Crippen LogP contribution in [0.3, 0.4) is 0 Å². The number of aromatic carboxylic acids is 1. The second-order valence-electron chi connectivity index (χ2n) is 9.72. The molecule has 0 unspecified atom stereocenters. The van der Waals surface area contributed by atoms with Crippen LogP contribution in [0, 0.1) is 11.2 Å². The fourth-order valence-electron chi connectivity index (χ4n) is 5.66. The molecule has 1 amide bonds. The highest BCUT2D eigenvalue weighted by Gasteiger charge is 2.55. The Morgan fingerprint density at radius 1 is 1.06 bits per heavy atom. The smallest absolute Gasteiger partial charge is 0.417 e. The zero-order chi connectivity index (χ0) is 25.0. The van der Waals surface area contributed by atoms with Crippen LogP contribution < -0.4 is 0 Å². The summed E-state index contributed by atoms with van der Waals surface area (Å²) < 4.78 is 61.0. The number of carbonyl (C=O) groups is 2. The van der Waals surface area contributed by atoms with Crippen molar-refractivity contribution in [2.75, 3.05) is 19.7 Å². The maximum atomic E-state index is 14.8. The average Bonchev–Trinajstić information content (AvgIpc) is 3.24. The number of ether oxygens (including phenoxy) is 1. The van der Waals surface area contributed by atoms with Gasteiger partial charge in [-0.25, -0.2) is 9.18 Å². The summed E-state index contributed by atoms with van der Waals surface area (Å²) in [5.74, 6) is -2.73. The van der Waals surface area contributed by atoms with Crippen molar-refractivity contribution < 1.29 is 37.0 Å². The Morgan fingerprint density at radius 2 is 1.74 bits per heavy atom. The standard InChI is InChI=1S/C26H25F4NO4/c27-22-17(24(33)34)7-8-18(26(28,29)30)21(22)16-5-3-15(4-6-16)19-14-25(19)9-11-31(12-10-25)23(32)20-2-1-13-35-20/h3-8,19-20H,1-2,9-14H2,(H,33,34)/t19-,20+/m0/s1. The van der Waals surface area contributed by atoms with Crippen molar-refractivity contribution in [2.24, 2.45) is 5.41 Å². The van der Waals surface area contributed by atoms with Gasteiger partial charge in [-0.15, -0.1) is 0 Å². The summed E-state index contributed by atoms with van der Waals surface area (Å²) in [5.41, 5.74) is -1.76. The molecule has 2 aliphatic heterocycles. The lowest BCUT2D eigenvalue weighted by Gasteiger charge is -2.34. The Morgan fingerprint density at radius 3 is 2.31 bits per heavy atom. The molecule has 5 nitrogen and oxygen atoms in total. The van der Waals surface area contributed by atoms with Crippen molar-refractivity contribution in [3.05, 3.63) is 58.9 Å². The van der Waals surface area contributed by atoms with Crippen molar-refractivity contribution >= 4 is 11.9 Å². The first-order chi connectivity index (χ1) is 16.6. The molecule has 3 fully saturated rings. The third kappa shape index (κ3) is 4.30. The van der Waals surface area contributed by atoms with E-state index in [0.29, 0.717) is 31.8 Å². The molecule has 5 rings (SSSR count). The lowest BCUT2D eigenvalue weighted by Crippen LogP contribution is -2.44. The molecule has 0 bridgehead atoms. The van der Waals surface area contributed by atoms with E-state index in [0.717, 1.165) is 37.7 Å². The largest absolute Gasteiger partial charge is 0.478 e. The van der Waals surface area contributed by atoms with Crippen molar-refractivity contribution in [1.82, 2.24) is 4.90 Å². The molecule has 1 N–H and O–H groups in total. The maximum absolute atomic E-state index is 14.8. The number of likely N-dealkylation sites (tertiary alicyclic amines) is 1. The van der Waals surface area contributed by atoms with Crippen LogP contribution >= 0.6 is 0 Å². The minimum absolute atomic E-state index is 0.0200. The van der Waals surface area contributed by atoms with E-state index >= 15 is 0 Å². The molecule has 2 aromatic rings. The van der Waals surface area contributed by atoms with Crippen LogP contribution in [0.2, 0.25) is 0 Å². The lowest BCUT2D eigenvalue weighted by molar-refractivity contribution is -0.142. The molecular formula is C26H25F4NO4. The third-order valence-corrected chi connectivity index (χ3v) is 7.75. The topological polar surface area (TPSA) is 66.8 Å². The van der Waals surface area contributed by atoms with Crippen LogP contribution in [-0.2, 0) is 15.7 Å². The number of nitrogens with zero attached hydrogens (tertiary/aromatic N) is 1. The van der Waals surface area contributed by atoms with Crippen LogP contribution in [0.15, 0.2) is 36.4 Å². The van der Waals surface area contributed by atoms with Crippen LogP contribution in [0.4, 0.5) is 17.6 Å². The van der Waals surface area contributed by atoms with E-state index in [1.54, 1.807) is 12.1 Å². The van der Waals surface area contributed by atoms with Gasteiger partial charge in [0.15, 0.2) is 0 Å². The van der Waals surface area contributed by atoms with E-state index in [-0.39, 0.29) is 28.9 Å². The summed E-state index contributed by atoms with van der Waals surface area (Å²) in [6.07, 6.45) is -0.848. The minimum Gasteiger partial charge on any atom is -0.478 e. The molecule has 186 valence electrons. The third-order valence-electron chi connectivity index (χ3n) is 7.75. The fraction of sp³-hybridized carbons (Fsp3) is 0.462. The van der Waals surface area contributed by atoms with Crippen molar-refractivity contribution in [3.63, 3.8) is 0 Å². The monoisotopic (exact) mass is 491 g/mol. The van der Waals surface area contributed by atoms with Crippen LogP contribution in [0.5, 0.6) is 0 Å². The second-order valence-corrected chi connectivity index (χ2v) is 9.72. The molecule has 2 heterocycles. The number of benzene rings is 2. The van der Waals surface area contributed by atoms with E-state index in [1.165, 1.54) is 12.1 Å². The Kier molecular flexibility index (Phi) is 5.86. The van der Waals surface area contributed by atoms with Gasteiger partial charge in [0.1, 0.15) is 11.9 Å². The fourth-order valence-corrected chi connectivity index (χ4v) is 5.66. The summed E-state index contributed by atoms with van der Waals surface area (Å²) in [5, 5.41) is 9.16. The van der Waals surface area contributed by atoms with Crippen LogP contribution in [0.25, 0.3) is 11.1 Å². The van der Waals surface area contributed by atoms with Gasteiger partial charge in [0, 0.05) is 25.3 Å². The molecule has 3 aliphatic rings. The van der Waals surface area contributed by atoms with Crippen LogP contribution in [0.1, 0.15) is 59.5 Å². The van der Waals surface area contributed by atoms with Crippen molar-refractivity contribution in [2.45, 2.75) is 50.3 Å². The van der Waals surface area contributed by atoms with Gasteiger partial charge in [-0.3, -0.25) is 4.79 Å². The highest BCUT2D eigenvalue weighted by atomic mass is 19.4. The Bertz CT molecular complexity index is 1150. The van der Waals surface area contributed by atoms with Crippen molar-refractivity contribution in [1.29, 1.82) is 0 Å². The van der Waals surface area contributed by atoms with Crippen LogP contribution in [-0.4, -0.2) is 47.7 Å². The normalized spacial score (nSPS) is 23.5. The Balaban J connectivity index is 1.33. The number of rotatable bonds is 4. The molecule has 0 radical (unpaired) electrons. The number of halogens is 4. The first-order valence-electron chi connectivity index (χ1n) is 11.7. The van der Waals surface area contributed by atoms with E-state index < -0.39 is 34.7 Å². The zero-order valence-corrected chi connectivity index (χ0v) is 18.9. The second kappa shape index (κ2) is 8.62. The van der Waals surface area contributed by atoms with Gasteiger partial charge in [-0.1, -0.05) is 24.3 Å². The molecule has 2 aromatic carbocycles. The first kappa shape index (κ1) is 23.8. The molecule has 2 atom stereocenters. The van der Waals surface area contributed by atoms with E-state index in [1.807, 2.05) is 4.90 Å². The van der Waals surface area contributed by atoms with Gasteiger partial charge in [-0.05, 0) is 66.7 Å². The summed E-state index contributed by atoms with van der Waals surface area (Å²) in [6, 6.07) is 7.50. The van der Waals surface area contributed by atoms with E-state index in [9.17, 15) is 27.2 Å². The Labute approximate surface area is 199 Å². The minimum atomic E-state index is -4.83. The number of carbonyl (C=O) groups excluding carboxylic acids is 1. The number of piperidine rings is 1. The number of carboxylic acid groups (broad SMARTS) is 1. The first-order valence-corrected chi connectivity index (χ1v) is 11.7. The predicted octanol–water partition coefficient (Wildman–Crippen LogP) is 5.48. The molecule has 0 aromatic heterocycles. The molecule has 1 spiro atoms. The zero-order valence-electron chi connectivity index (χ0n) is 18.9. The summed E-state index contributed by atoms with van der Waals surface area (Å²) in [4.78, 5) is 25.7. The Hall–Kier alpha value is -2.94. The molecular weight excluding hydrogens is 466 g/mol. The molecule has 1 saturated carbocycles. The van der Waals surface area contributed by atoms with Gasteiger partial charge in [0.2, 0.25) is 0 Å². The van der Waals surface area contributed by atoms with Gasteiger partial charge >= 0.3 is 12.1 Å². The molecule has 35 heavy (non-hydrogen) atoms. The van der Waals surface area contributed by atoms with E-state index in [2.05, 4.69) is 0 Å². The van der Waals surface area contributed by atoms with Gasteiger partial charge in [0.25, 0.3) is 5.91 Å². The SMILES string of the molecule is O=C(O)c1ccc(C(F)(F)F)c(-c2ccc([C@@H]3CC34CCN(C(=O)[C@H]3CCCO3)CC4)cc2)c1F. The number of alkyl halides is 3. The molecule has 1 aliphatic carbocycles.